The highest BCUT2D eigenvalue weighted by atomic mass is 32.1. The SMILES string of the molecule is CCC(C)(CC)c1scc2c1OCCO2. The van der Waals surface area contributed by atoms with E-state index >= 15 is 0 Å². The Bertz CT molecular complexity index is 339. The maximum atomic E-state index is 5.73. The van der Waals surface area contributed by atoms with Crippen LogP contribution in [0.3, 0.4) is 0 Å². The van der Waals surface area contributed by atoms with Crippen molar-refractivity contribution in [1.29, 1.82) is 0 Å². The normalized spacial score (nSPS) is 15.4. The lowest BCUT2D eigenvalue weighted by molar-refractivity contribution is 0.169. The zero-order chi connectivity index (χ0) is 10.9. The lowest BCUT2D eigenvalue weighted by Gasteiger charge is -2.27. The van der Waals surface area contributed by atoms with Crippen LogP contribution in [0.5, 0.6) is 11.5 Å². The van der Waals surface area contributed by atoms with Gasteiger partial charge in [0.1, 0.15) is 13.2 Å². The summed E-state index contributed by atoms with van der Waals surface area (Å²) < 4.78 is 11.3. The second-order valence-electron chi connectivity index (χ2n) is 4.22. The van der Waals surface area contributed by atoms with Crippen molar-refractivity contribution in [3.05, 3.63) is 10.3 Å². The summed E-state index contributed by atoms with van der Waals surface area (Å²) in [5.74, 6) is 1.94. The Labute approximate surface area is 95.2 Å². The second-order valence-corrected chi connectivity index (χ2v) is 5.10. The maximum Gasteiger partial charge on any atom is 0.175 e. The van der Waals surface area contributed by atoms with Crippen LogP contribution in [-0.4, -0.2) is 13.2 Å². The highest BCUT2D eigenvalue weighted by molar-refractivity contribution is 7.10. The minimum Gasteiger partial charge on any atom is -0.485 e. The monoisotopic (exact) mass is 226 g/mol. The Kier molecular flexibility index (Phi) is 2.91. The molecule has 2 nitrogen and oxygen atoms in total. The first-order chi connectivity index (χ1) is 7.21. The molecule has 1 aromatic heterocycles. The van der Waals surface area contributed by atoms with Gasteiger partial charge in [-0.3, -0.25) is 0 Å². The topological polar surface area (TPSA) is 18.5 Å². The number of fused-ring (bicyclic) bond motifs is 1. The van der Waals surface area contributed by atoms with Gasteiger partial charge in [-0.1, -0.05) is 20.8 Å². The summed E-state index contributed by atoms with van der Waals surface area (Å²) in [5.41, 5.74) is 0.235. The third-order valence-corrected chi connectivity index (χ3v) is 4.66. The molecule has 0 unspecified atom stereocenters. The van der Waals surface area contributed by atoms with Crippen LogP contribution in [-0.2, 0) is 5.41 Å². The molecule has 1 aliphatic heterocycles. The highest BCUT2D eigenvalue weighted by Crippen LogP contribution is 2.47. The summed E-state index contributed by atoms with van der Waals surface area (Å²) >= 11 is 1.77. The third kappa shape index (κ3) is 1.73. The summed E-state index contributed by atoms with van der Waals surface area (Å²) in [6.07, 6.45) is 2.28. The van der Waals surface area contributed by atoms with Crippen molar-refractivity contribution in [2.45, 2.75) is 39.0 Å². The number of rotatable bonds is 3. The standard InChI is InChI=1S/C12H18O2S/c1-4-12(3,5-2)11-10-9(8-15-11)13-6-7-14-10/h8H,4-7H2,1-3H3. The fraction of sp³-hybridized carbons (Fsp3) is 0.667. The van der Waals surface area contributed by atoms with Gasteiger partial charge in [-0.05, 0) is 12.8 Å². The van der Waals surface area contributed by atoms with Crippen LogP contribution in [0.1, 0.15) is 38.5 Å². The molecule has 2 heterocycles. The Morgan fingerprint density at radius 3 is 2.60 bits per heavy atom. The molecule has 0 N–H and O–H groups in total. The Morgan fingerprint density at radius 2 is 1.93 bits per heavy atom. The molecule has 15 heavy (non-hydrogen) atoms. The molecule has 84 valence electrons. The molecule has 0 saturated carbocycles. The molecule has 0 fully saturated rings. The van der Waals surface area contributed by atoms with Crippen LogP contribution in [0.2, 0.25) is 0 Å². The number of ether oxygens (including phenoxy) is 2. The average molecular weight is 226 g/mol. The predicted molar refractivity (Wildman–Crippen MR) is 63.2 cm³/mol. The fourth-order valence-electron chi connectivity index (χ4n) is 1.85. The first-order valence-electron chi connectivity index (χ1n) is 5.59. The molecule has 0 aliphatic carbocycles. The molecule has 0 atom stereocenters. The summed E-state index contributed by atoms with van der Waals surface area (Å²) in [6, 6.07) is 0. The van der Waals surface area contributed by atoms with Gasteiger partial charge < -0.3 is 9.47 Å². The number of hydrogen-bond donors (Lipinski definition) is 0. The summed E-state index contributed by atoms with van der Waals surface area (Å²) in [6.45, 7) is 8.13. The van der Waals surface area contributed by atoms with Crippen LogP contribution in [0, 0.1) is 0 Å². The van der Waals surface area contributed by atoms with Crippen molar-refractivity contribution in [3.8, 4) is 11.5 Å². The van der Waals surface area contributed by atoms with Gasteiger partial charge in [-0.25, -0.2) is 0 Å². The third-order valence-electron chi connectivity index (χ3n) is 3.41. The molecular weight excluding hydrogens is 208 g/mol. The predicted octanol–water partition coefficient (Wildman–Crippen LogP) is 3.60. The minimum atomic E-state index is 0.235. The largest absolute Gasteiger partial charge is 0.485 e. The minimum absolute atomic E-state index is 0.235. The van der Waals surface area contributed by atoms with E-state index in [4.69, 9.17) is 9.47 Å². The molecule has 3 heteroatoms. The van der Waals surface area contributed by atoms with Gasteiger partial charge in [0.15, 0.2) is 11.5 Å². The number of hydrogen-bond acceptors (Lipinski definition) is 3. The lowest BCUT2D eigenvalue weighted by Crippen LogP contribution is -2.21. The van der Waals surface area contributed by atoms with Gasteiger partial charge in [-0.15, -0.1) is 11.3 Å². The van der Waals surface area contributed by atoms with E-state index < -0.39 is 0 Å². The molecular formula is C12H18O2S. The second kappa shape index (κ2) is 4.05. The maximum absolute atomic E-state index is 5.73. The van der Waals surface area contributed by atoms with Gasteiger partial charge in [0, 0.05) is 10.8 Å². The fourth-order valence-corrected chi connectivity index (χ4v) is 3.09. The van der Waals surface area contributed by atoms with E-state index in [1.807, 2.05) is 0 Å². The molecule has 0 aromatic carbocycles. The van der Waals surface area contributed by atoms with Crippen LogP contribution in [0.25, 0.3) is 0 Å². The molecule has 2 rings (SSSR count). The van der Waals surface area contributed by atoms with E-state index in [1.165, 1.54) is 4.88 Å². The smallest absolute Gasteiger partial charge is 0.175 e. The lowest BCUT2D eigenvalue weighted by atomic mass is 9.83. The molecule has 1 aromatic rings. The van der Waals surface area contributed by atoms with Crippen LogP contribution in [0.15, 0.2) is 5.38 Å². The van der Waals surface area contributed by atoms with E-state index in [-0.39, 0.29) is 5.41 Å². The zero-order valence-electron chi connectivity index (χ0n) is 9.63. The molecule has 0 bridgehead atoms. The van der Waals surface area contributed by atoms with Crippen molar-refractivity contribution in [2.75, 3.05) is 13.2 Å². The van der Waals surface area contributed by atoms with Crippen molar-refractivity contribution < 1.29 is 9.47 Å². The Morgan fingerprint density at radius 1 is 1.27 bits per heavy atom. The molecule has 1 aliphatic rings. The van der Waals surface area contributed by atoms with E-state index in [0.717, 1.165) is 24.3 Å². The van der Waals surface area contributed by atoms with Crippen molar-refractivity contribution >= 4 is 11.3 Å². The van der Waals surface area contributed by atoms with Crippen LogP contribution >= 0.6 is 11.3 Å². The Hall–Kier alpha value is -0.700. The molecule has 0 amide bonds. The van der Waals surface area contributed by atoms with Gasteiger partial charge >= 0.3 is 0 Å². The van der Waals surface area contributed by atoms with E-state index in [2.05, 4.69) is 26.2 Å². The van der Waals surface area contributed by atoms with Gasteiger partial charge in [0.05, 0.1) is 4.88 Å². The van der Waals surface area contributed by atoms with Gasteiger partial charge in [0.25, 0.3) is 0 Å². The average Bonchev–Trinajstić information content (AvgIpc) is 2.72. The van der Waals surface area contributed by atoms with E-state index in [9.17, 15) is 0 Å². The quantitative estimate of drug-likeness (QED) is 0.784. The Balaban J connectivity index is 2.39. The van der Waals surface area contributed by atoms with Gasteiger partial charge in [-0.2, -0.15) is 0 Å². The first-order valence-corrected chi connectivity index (χ1v) is 6.47. The summed E-state index contributed by atoms with van der Waals surface area (Å²) in [5, 5.41) is 2.08. The van der Waals surface area contributed by atoms with Crippen LogP contribution in [0.4, 0.5) is 0 Å². The van der Waals surface area contributed by atoms with Crippen molar-refractivity contribution in [3.63, 3.8) is 0 Å². The van der Waals surface area contributed by atoms with E-state index in [0.29, 0.717) is 13.2 Å². The first kappa shape index (κ1) is 10.8. The number of thiophene rings is 1. The van der Waals surface area contributed by atoms with Crippen LogP contribution < -0.4 is 9.47 Å². The summed E-state index contributed by atoms with van der Waals surface area (Å²) in [7, 11) is 0. The zero-order valence-corrected chi connectivity index (χ0v) is 10.4. The van der Waals surface area contributed by atoms with Crippen molar-refractivity contribution in [2.24, 2.45) is 0 Å². The van der Waals surface area contributed by atoms with E-state index in [1.54, 1.807) is 11.3 Å². The van der Waals surface area contributed by atoms with Gasteiger partial charge in [0.2, 0.25) is 0 Å². The molecule has 0 spiro atoms. The molecule has 0 saturated heterocycles. The van der Waals surface area contributed by atoms with Crippen molar-refractivity contribution in [1.82, 2.24) is 0 Å². The molecule has 0 radical (unpaired) electrons. The summed E-state index contributed by atoms with van der Waals surface area (Å²) in [4.78, 5) is 1.35. The highest BCUT2D eigenvalue weighted by Gasteiger charge is 2.31.